The molecule has 0 saturated carbocycles. The van der Waals surface area contributed by atoms with Crippen LogP contribution in [-0.2, 0) is 4.79 Å². The number of benzene rings is 1. The summed E-state index contributed by atoms with van der Waals surface area (Å²) in [5.41, 5.74) is 5.34. The smallest absolute Gasteiger partial charge is 0.341 e. The standard InChI is InChI=1S/C12H15N3O5/c1-6(10(16)15-12(19)14-2)20-8-5-3-4-7(13)9(8)11(17)18/h3-6H,13H2,1-2H3,(H,17,18)(H2,14,15,16,19). The molecule has 0 heterocycles. The van der Waals surface area contributed by atoms with E-state index >= 15 is 0 Å². The Bertz CT molecular complexity index is 544. The van der Waals surface area contributed by atoms with Crippen molar-refractivity contribution in [1.82, 2.24) is 10.6 Å². The lowest BCUT2D eigenvalue weighted by atomic mass is 10.1. The van der Waals surface area contributed by atoms with Gasteiger partial charge in [0.2, 0.25) is 0 Å². The molecule has 0 aliphatic rings. The lowest BCUT2D eigenvalue weighted by molar-refractivity contribution is -0.126. The van der Waals surface area contributed by atoms with Gasteiger partial charge in [-0.05, 0) is 19.1 Å². The van der Waals surface area contributed by atoms with Crippen LogP contribution < -0.4 is 21.1 Å². The van der Waals surface area contributed by atoms with Crippen LogP contribution in [0.5, 0.6) is 5.75 Å². The van der Waals surface area contributed by atoms with Gasteiger partial charge in [-0.15, -0.1) is 0 Å². The molecule has 5 N–H and O–H groups in total. The van der Waals surface area contributed by atoms with Crippen LogP contribution in [0.1, 0.15) is 17.3 Å². The second-order valence-corrected chi connectivity index (χ2v) is 3.85. The summed E-state index contributed by atoms with van der Waals surface area (Å²) in [6.07, 6.45) is -1.06. The van der Waals surface area contributed by atoms with Crippen molar-refractivity contribution in [2.24, 2.45) is 0 Å². The number of carbonyl (C=O) groups is 3. The fourth-order valence-corrected chi connectivity index (χ4v) is 1.40. The molecule has 0 radical (unpaired) electrons. The Hall–Kier alpha value is -2.77. The van der Waals surface area contributed by atoms with Crippen LogP contribution in [0.3, 0.4) is 0 Å². The Labute approximate surface area is 114 Å². The number of anilines is 1. The summed E-state index contributed by atoms with van der Waals surface area (Å²) in [6, 6.07) is 3.60. The number of carboxylic acid groups (broad SMARTS) is 1. The summed E-state index contributed by atoms with van der Waals surface area (Å²) in [7, 11) is 1.36. The summed E-state index contributed by atoms with van der Waals surface area (Å²) in [5.74, 6) is -2.02. The van der Waals surface area contributed by atoms with E-state index in [9.17, 15) is 14.4 Å². The van der Waals surface area contributed by atoms with Crippen molar-refractivity contribution < 1.29 is 24.2 Å². The van der Waals surface area contributed by atoms with Crippen LogP contribution >= 0.6 is 0 Å². The zero-order valence-corrected chi connectivity index (χ0v) is 11.0. The number of ether oxygens (including phenoxy) is 1. The first-order chi connectivity index (χ1) is 9.36. The number of carboxylic acids is 1. The predicted molar refractivity (Wildman–Crippen MR) is 70.5 cm³/mol. The number of urea groups is 1. The van der Waals surface area contributed by atoms with Gasteiger partial charge in [0.25, 0.3) is 5.91 Å². The average molecular weight is 281 g/mol. The minimum atomic E-state index is -1.27. The van der Waals surface area contributed by atoms with Crippen LogP contribution in [0.15, 0.2) is 18.2 Å². The lowest BCUT2D eigenvalue weighted by Crippen LogP contribution is -2.44. The third-order valence-corrected chi connectivity index (χ3v) is 2.41. The van der Waals surface area contributed by atoms with E-state index in [-0.39, 0.29) is 17.0 Å². The molecule has 0 aliphatic heterocycles. The average Bonchev–Trinajstić information content (AvgIpc) is 2.37. The number of carbonyl (C=O) groups excluding carboxylic acids is 2. The molecule has 3 amide bonds. The molecule has 0 fully saturated rings. The number of nitrogens with one attached hydrogen (secondary N) is 2. The molecule has 1 aromatic carbocycles. The van der Waals surface area contributed by atoms with Crippen LogP contribution in [0.4, 0.5) is 10.5 Å². The largest absolute Gasteiger partial charge is 0.480 e. The van der Waals surface area contributed by atoms with Crippen molar-refractivity contribution >= 4 is 23.6 Å². The van der Waals surface area contributed by atoms with Gasteiger partial charge in [-0.2, -0.15) is 0 Å². The van der Waals surface area contributed by atoms with Gasteiger partial charge in [0.1, 0.15) is 11.3 Å². The fourth-order valence-electron chi connectivity index (χ4n) is 1.40. The number of amides is 3. The Morgan fingerprint density at radius 1 is 1.35 bits per heavy atom. The number of imide groups is 1. The maximum absolute atomic E-state index is 11.6. The summed E-state index contributed by atoms with van der Waals surface area (Å²) in [5, 5.41) is 13.3. The van der Waals surface area contributed by atoms with Crippen molar-refractivity contribution in [2.45, 2.75) is 13.0 Å². The molecule has 0 spiro atoms. The fraction of sp³-hybridized carbons (Fsp3) is 0.250. The summed E-state index contributed by atoms with van der Waals surface area (Å²) in [4.78, 5) is 33.7. The molecule has 1 aromatic rings. The molecule has 1 rings (SSSR count). The summed E-state index contributed by atoms with van der Waals surface area (Å²) < 4.78 is 5.24. The highest BCUT2D eigenvalue weighted by molar-refractivity contribution is 5.98. The van der Waals surface area contributed by atoms with Crippen molar-refractivity contribution in [1.29, 1.82) is 0 Å². The van der Waals surface area contributed by atoms with Crippen LogP contribution in [0, 0.1) is 0 Å². The topological polar surface area (TPSA) is 131 Å². The first-order valence-corrected chi connectivity index (χ1v) is 5.67. The van der Waals surface area contributed by atoms with Gasteiger partial charge >= 0.3 is 12.0 Å². The number of nitrogens with two attached hydrogens (primary N) is 1. The Morgan fingerprint density at radius 3 is 2.55 bits per heavy atom. The second-order valence-electron chi connectivity index (χ2n) is 3.85. The third-order valence-electron chi connectivity index (χ3n) is 2.41. The van der Waals surface area contributed by atoms with E-state index in [1.54, 1.807) is 0 Å². The highest BCUT2D eigenvalue weighted by Gasteiger charge is 2.21. The van der Waals surface area contributed by atoms with Gasteiger partial charge in [0.15, 0.2) is 6.10 Å². The molecule has 1 atom stereocenters. The van der Waals surface area contributed by atoms with Gasteiger partial charge in [0, 0.05) is 12.7 Å². The lowest BCUT2D eigenvalue weighted by Gasteiger charge is -2.16. The molecule has 1 unspecified atom stereocenters. The molecule has 108 valence electrons. The second kappa shape index (κ2) is 6.41. The molecule has 0 aromatic heterocycles. The minimum absolute atomic E-state index is 0.0221. The Balaban J connectivity index is 2.88. The van der Waals surface area contributed by atoms with Crippen molar-refractivity contribution in [3.8, 4) is 5.75 Å². The van der Waals surface area contributed by atoms with Crippen LogP contribution in [-0.4, -0.2) is 36.2 Å². The molecule has 0 aliphatic carbocycles. The van der Waals surface area contributed by atoms with Crippen molar-refractivity contribution in [2.75, 3.05) is 12.8 Å². The van der Waals surface area contributed by atoms with E-state index in [4.69, 9.17) is 15.6 Å². The van der Waals surface area contributed by atoms with E-state index in [1.807, 2.05) is 5.32 Å². The number of aromatic carboxylic acids is 1. The molecule has 8 nitrogen and oxygen atoms in total. The highest BCUT2D eigenvalue weighted by atomic mass is 16.5. The van der Waals surface area contributed by atoms with E-state index < -0.39 is 24.0 Å². The normalized spacial score (nSPS) is 11.3. The van der Waals surface area contributed by atoms with E-state index in [0.717, 1.165) is 0 Å². The summed E-state index contributed by atoms with van der Waals surface area (Å²) in [6.45, 7) is 1.38. The van der Waals surface area contributed by atoms with Gasteiger partial charge in [0.05, 0.1) is 0 Å². The zero-order chi connectivity index (χ0) is 15.3. The van der Waals surface area contributed by atoms with Crippen molar-refractivity contribution in [3.05, 3.63) is 23.8 Å². The van der Waals surface area contributed by atoms with Crippen LogP contribution in [0.25, 0.3) is 0 Å². The first-order valence-electron chi connectivity index (χ1n) is 5.67. The number of hydrogen-bond donors (Lipinski definition) is 4. The van der Waals surface area contributed by atoms with Crippen LogP contribution in [0.2, 0.25) is 0 Å². The van der Waals surface area contributed by atoms with E-state index in [2.05, 4.69) is 5.32 Å². The molecular formula is C12H15N3O5. The number of nitrogen functional groups attached to an aromatic ring is 1. The summed E-state index contributed by atoms with van der Waals surface area (Å²) >= 11 is 0. The van der Waals surface area contributed by atoms with Gasteiger partial charge in [-0.25, -0.2) is 9.59 Å². The SMILES string of the molecule is CNC(=O)NC(=O)C(C)Oc1cccc(N)c1C(=O)O. The number of hydrogen-bond acceptors (Lipinski definition) is 5. The van der Waals surface area contributed by atoms with Gasteiger partial charge in [-0.3, -0.25) is 10.1 Å². The van der Waals surface area contributed by atoms with E-state index in [1.165, 1.54) is 32.2 Å². The van der Waals surface area contributed by atoms with Crippen molar-refractivity contribution in [3.63, 3.8) is 0 Å². The zero-order valence-electron chi connectivity index (χ0n) is 11.0. The maximum atomic E-state index is 11.6. The molecule has 20 heavy (non-hydrogen) atoms. The monoisotopic (exact) mass is 281 g/mol. The Kier molecular flexibility index (Phi) is 4.90. The highest BCUT2D eigenvalue weighted by Crippen LogP contribution is 2.25. The van der Waals surface area contributed by atoms with Gasteiger partial charge < -0.3 is 20.9 Å². The molecule has 0 saturated heterocycles. The molecule has 8 heteroatoms. The molecule has 0 bridgehead atoms. The number of rotatable bonds is 4. The van der Waals surface area contributed by atoms with Gasteiger partial charge in [-0.1, -0.05) is 6.07 Å². The van der Waals surface area contributed by atoms with E-state index in [0.29, 0.717) is 0 Å². The molecular weight excluding hydrogens is 266 g/mol. The predicted octanol–water partition coefficient (Wildman–Crippen LogP) is 0.190. The third kappa shape index (κ3) is 3.61. The Morgan fingerprint density at radius 2 is 2.00 bits per heavy atom. The quantitative estimate of drug-likeness (QED) is 0.583. The maximum Gasteiger partial charge on any atom is 0.341 e. The minimum Gasteiger partial charge on any atom is -0.480 e. The first kappa shape index (κ1) is 15.3.